The summed E-state index contributed by atoms with van der Waals surface area (Å²) in [6.07, 6.45) is -3.19. The first-order valence-corrected chi connectivity index (χ1v) is 8.04. The van der Waals surface area contributed by atoms with Crippen LogP contribution in [0.25, 0.3) is 0 Å². The molecule has 0 bridgehead atoms. The van der Waals surface area contributed by atoms with Crippen LogP contribution in [0.3, 0.4) is 0 Å². The highest BCUT2D eigenvalue weighted by molar-refractivity contribution is 6.00. The van der Waals surface area contributed by atoms with Crippen LogP contribution in [0.4, 0.5) is 13.2 Å². The number of hydrogen-bond acceptors (Lipinski definition) is 3. The molecule has 136 valence electrons. The molecule has 0 saturated carbocycles. The van der Waals surface area contributed by atoms with Crippen LogP contribution in [-0.4, -0.2) is 47.8 Å². The Hall–Kier alpha value is -2.38. The molecule has 2 rings (SSSR count). The highest BCUT2D eigenvalue weighted by Crippen LogP contribution is 2.17. The molecule has 1 atom stereocenters. The van der Waals surface area contributed by atoms with Crippen LogP contribution in [-0.2, 0) is 9.59 Å². The Labute approximate surface area is 143 Å². The first-order valence-electron chi connectivity index (χ1n) is 8.04. The average Bonchev–Trinajstić information content (AvgIpc) is 2.61. The van der Waals surface area contributed by atoms with E-state index in [0.29, 0.717) is 13.1 Å². The second-order valence-corrected chi connectivity index (χ2v) is 5.90. The van der Waals surface area contributed by atoms with Gasteiger partial charge in [-0.05, 0) is 19.3 Å². The van der Waals surface area contributed by atoms with Gasteiger partial charge in [0.15, 0.2) is 5.78 Å². The molecule has 25 heavy (non-hydrogen) atoms. The fourth-order valence-electron chi connectivity index (χ4n) is 2.70. The third kappa shape index (κ3) is 5.30. The molecule has 1 aromatic rings. The summed E-state index contributed by atoms with van der Waals surface area (Å²) in [6, 6.07) is 6.41. The largest absolute Gasteiger partial charge is 0.471 e. The monoisotopic (exact) mass is 356 g/mol. The number of ketones is 1. The molecule has 1 aliphatic rings. The van der Waals surface area contributed by atoms with Gasteiger partial charge in [0.05, 0.1) is 0 Å². The van der Waals surface area contributed by atoms with E-state index in [-0.39, 0.29) is 5.56 Å². The number of amides is 2. The lowest BCUT2D eigenvalue weighted by Crippen LogP contribution is -2.53. The number of nitrogens with one attached hydrogen (secondary N) is 1. The third-order valence-electron chi connectivity index (χ3n) is 4.01. The number of benzene rings is 1. The molecule has 1 aliphatic heterocycles. The highest BCUT2D eigenvalue weighted by atomic mass is 19.4. The fraction of sp³-hybridized carbons (Fsp3) is 0.471. The molecule has 2 amide bonds. The Morgan fingerprint density at radius 2 is 1.64 bits per heavy atom. The van der Waals surface area contributed by atoms with Gasteiger partial charge in [0.1, 0.15) is 6.04 Å². The minimum Gasteiger partial charge on any atom is -0.341 e. The first kappa shape index (κ1) is 19.0. The van der Waals surface area contributed by atoms with E-state index in [1.807, 2.05) is 0 Å². The van der Waals surface area contributed by atoms with Crippen molar-refractivity contribution < 1.29 is 27.6 Å². The molecule has 0 radical (unpaired) electrons. The summed E-state index contributed by atoms with van der Waals surface area (Å²) in [4.78, 5) is 37.5. The lowest BCUT2D eigenvalue weighted by Gasteiger charge is -2.30. The lowest BCUT2D eigenvalue weighted by molar-refractivity contribution is -0.175. The van der Waals surface area contributed by atoms with Crippen molar-refractivity contribution in [2.24, 2.45) is 0 Å². The van der Waals surface area contributed by atoms with Crippen molar-refractivity contribution in [2.75, 3.05) is 13.1 Å². The summed E-state index contributed by atoms with van der Waals surface area (Å²) >= 11 is 0. The lowest BCUT2D eigenvalue weighted by atomic mass is 10.0. The van der Waals surface area contributed by atoms with Crippen LogP contribution < -0.4 is 5.32 Å². The van der Waals surface area contributed by atoms with Crippen LogP contribution in [0.5, 0.6) is 0 Å². The zero-order valence-corrected chi connectivity index (χ0v) is 13.5. The van der Waals surface area contributed by atoms with Crippen molar-refractivity contribution in [1.29, 1.82) is 0 Å². The second kappa shape index (κ2) is 8.13. The number of Topliss-reactive ketones (excluding diaryl/α,β-unsaturated/α-hetero) is 1. The molecular weight excluding hydrogens is 337 g/mol. The number of piperidine rings is 1. The van der Waals surface area contributed by atoms with Crippen LogP contribution in [0.2, 0.25) is 0 Å². The predicted octanol–water partition coefficient (Wildman–Crippen LogP) is 2.32. The standard InChI is InChI=1S/C17H19F3N2O3/c18-17(19,20)16(25)21-13(15(24)22-9-5-2-6-10-22)11-14(23)12-7-3-1-4-8-12/h1,3-4,7-8,13H,2,5-6,9-11H2,(H,21,25). The van der Waals surface area contributed by atoms with E-state index >= 15 is 0 Å². The van der Waals surface area contributed by atoms with Crippen molar-refractivity contribution in [3.63, 3.8) is 0 Å². The van der Waals surface area contributed by atoms with E-state index < -0.39 is 36.2 Å². The zero-order valence-electron chi connectivity index (χ0n) is 13.5. The van der Waals surface area contributed by atoms with E-state index in [9.17, 15) is 27.6 Å². The van der Waals surface area contributed by atoms with Gasteiger partial charge in [-0.15, -0.1) is 0 Å². The Morgan fingerprint density at radius 1 is 1.04 bits per heavy atom. The summed E-state index contributed by atoms with van der Waals surface area (Å²) in [5, 5.41) is 1.68. The average molecular weight is 356 g/mol. The van der Waals surface area contributed by atoms with Crippen molar-refractivity contribution in [3.05, 3.63) is 35.9 Å². The van der Waals surface area contributed by atoms with Gasteiger partial charge in [0.25, 0.3) is 0 Å². The quantitative estimate of drug-likeness (QED) is 0.824. The van der Waals surface area contributed by atoms with Gasteiger partial charge in [-0.25, -0.2) is 0 Å². The molecule has 1 saturated heterocycles. The summed E-state index contributed by atoms with van der Waals surface area (Å²) in [6.45, 7) is 0.827. The first-order chi connectivity index (χ1) is 11.8. The van der Waals surface area contributed by atoms with E-state index in [2.05, 4.69) is 0 Å². The topological polar surface area (TPSA) is 66.5 Å². The maximum absolute atomic E-state index is 12.6. The summed E-state index contributed by atoms with van der Waals surface area (Å²) in [7, 11) is 0. The number of carbonyl (C=O) groups excluding carboxylic acids is 3. The van der Waals surface area contributed by atoms with Gasteiger partial charge in [-0.2, -0.15) is 13.2 Å². The van der Waals surface area contributed by atoms with Gasteiger partial charge in [0, 0.05) is 25.1 Å². The molecule has 0 aromatic heterocycles. The molecule has 0 spiro atoms. The van der Waals surface area contributed by atoms with Crippen molar-refractivity contribution in [1.82, 2.24) is 10.2 Å². The molecule has 1 aromatic carbocycles. The molecular formula is C17H19F3N2O3. The number of nitrogens with zero attached hydrogens (tertiary/aromatic N) is 1. The number of likely N-dealkylation sites (tertiary alicyclic amines) is 1. The zero-order chi connectivity index (χ0) is 18.4. The van der Waals surface area contributed by atoms with Gasteiger partial charge in [-0.3, -0.25) is 14.4 Å². The minimum absolute atomic E-state index is 0.278. The maximum Gasteiger partial charge on any atom is 0.471 e. The maximum atomic E-state index is 12.6. The van der Waals surface area contributed by atoms with E-state index in [0.717, 1.165) is 19.3 Å². The SMILES string of the molecule is O=C(CC(NC(=O)C(F)(F)F)C(=O)N1CCCCC1)c1ccccc1. The van der Waals surface area contributed by atoms with E-state index in [4.69, 9.17) is 0 Å². The number of carbonyl (C=O) groups is 3. The fourth-order valence-corrected chi connectivity index (χ4v) is 2.70. The number of hydrogen-bond donors (Lipinski definition) is 1. The molecule has 1 N–H and O–H groups in total. The van der Waals surface area contributed by atoms with Crippen molar-refractivity contribution >= 4 is 17.6 Å². The summed E-state index contributed by atoms with van der Waals surface area (Å²) < 4.78 is 37.7. The normalized spacial score (nSPS) is 16.2. The Balaban J connectivity index is 2.14. The molecule has 0 aliphatic carbocycles. The molecule has 8 heteroatoms. The van der Waals surface area contributed by atoms with Gasteiger partial charge >= 0.3 is 12.1 Å². The Morgan fingerprint density at radius 3 is 2.20 bits per heavy atom. The Kier molecular flexibility index (Phi) is 6.17. The summed E-state index contributed by atoms with van der Waals surface area (Å²) in [5.74, 6) is -3.37. The van der Waals surface area contributed by atoms with Gasteiger partial charge < -0.3 is 10.2 Å². The van der Waals surface area contributed by atoms with E-state index in [1.165, 1.54) is 17.0 Å². The summed E-state index contributed by atoms with van der Waals surface area (Å²) in [5.41, 5.74) is 0.278. The highest BCUT2D eigenvalue weighted by Gasteiger charge is 2.41. The minimum atomic E-state index is -5.11. The van der Waals surface area contributed by atoms with Gasteiger partial charge in [-0.1, -0.05) is 30.3 Å². The van der Waals surface area contributed by atoms with Crippen LogP contribution in [0.1, 0.15) is 36.0 Å². The predicted molar refractivity (Wildman–Crippen MR) is 83.8 cm³/mol. The van der Waals surface area contributed by atoms with Crippen LogP contribution in [0.15, 0.2) is 30.3 Å². The Bertz CT molecular complexity index is 626. The van der Waals surface area contributed by atoms with E-state index in [1.54, 1.807) is 23.5 Å². The molecule has 1 unspecified atom stereocenters. The number of rotatable bonds is 5. The third-order valence-corrected chi connectivity index (χ3v) is 4.01. The second-order valence-electron chi connectivity index (χ2n) is 5.90. The van der Waals surface area contributed by atoms with Crippen molar-refractivity contribution in [2.45, 2.75) is 37.9 Å². The number of alkyl halides is 3. The van der Waals surface area contributed by atoms with Crippen molar-refractivity contribution in [3.8, 4) is 0 Å². The molecule has 1 heterocycles. The van der Waals surface area contributed by atoms with Crippen LogP contribution >= 0.6 is 0 Å². The molecule has 5 nitrogen and oxygen atoms in total. The smallest absolute Gasteiger partial charge is 0.341 e. The van der Waals surface area contributed by atoms with Crippen LogP contribution in [0, 0.1) is 0 Å². The molecule has 1 fully saturated rings. The van der Waals surface area contributed by atoms with Gasteiger partial charge in [0.2, 0.25) is 5.91 Å². The number of halogens is 3.